The van der Waals surface area contributed by atoms with E-state index in [4.69, 9.17) is 4.98 Å². The maximum atomic E-state index is 13.3. The molecule has 4 nitrogen and oxygen atoms in total. The third-order valence-corrected chi connectivity index (χ3v) is 9.27. The number of benzene rings is 1. The summed E-state index contributed by atoms with van der Waals surface area (Å²) >= 11 is 1.88. The summed E-state index contributed by atoms with van der Waals surface area (Å²) in [6, 6.07) is 11.2. The van der Waals surface area contributed by atoms with E-state index in [1.165, 1.54) is 32.1 Å². The molecular weight excluding hydrogens is 400 g/mol. The summed E-state index contributed by atoms with van der Waals surface area (Å²) in [7, 11) is -3.51. The van der Waals surface area contributed by atoms with Crippen LogP contribution in [0.25, 0.3) is 0 Å². The van der Waals surface area contributed by atoms with E-state index >= 15 is 0 Å². The quantitative estimate of drug-likeness (QED) is 0.608. The Morgan fingerprint density at radius 1 is 0.931 bits per heavy atom. The van der Waals surface area contributed by atoms with E-state index in [9.17, 15) is 8.42 Å². The fraction of sp³-hybridized carbons (Fsp3) is 0.522. The number of piperidine rings is 1. The zero-order chi connectivity index (χ0) is 20.3. The van der Waals surface area contributed by atoms with Crippen LogP contribution in [-0.2, 0) is 10.0 Å². The lowest BCUT2D eigenvalue weighted by Crippen LogP contribution is -2.38. The number of hydrogen-bond acceptors (Lipinski definition) is 4. The predicted molar refractivity (Wildman–Crippen MR) is 119 cm³/mol. The number of thioether (sulfide) groups is 1. The second-order valence-electron chi connectivity index (χ2n) is 8.25. The van der Waals surface area contributed by atoms with Gasteiger partial charge in [-0.1, -0.05) is 49.4 Å². The molecule has 1 saturated carbocycles. The number of pyridine rings is 1. The van der Waals surface area contributed by atoms with Crippen molar-refractivity contribution in [1.82, 2.24) is 9.29 Å². The fourth-order valence-electron chi connectivity index (χ4n) is 4.38. The van der Waals surface area contributed by atoms with Crippen LogP contribution in [0.15, 0.2) is 52.5 Å². The third-order valence-electron chi connectivity index (χ3n) is 6.06. The Morgan fingerprint density at radius 3 is 2.34 bits per heavy atom. The molecule has 0 bridgehead atoms. The molecule has 1 unspecified atom stereocenters. The van der Waals surface area contributed by atoms with Crippen LogP contribution in [0.3, 0.4) is 0 Å². The van der Waals surface area contributed by atoms with E-state index in [0.717, 1.165) is 35.4 Å². The highest BCUT2D eigenvalue weighted by Crippen LogP contribution is 2.37. The molecule has 0 radical (unpaired) electrons. The van der Waals surface area contributed by atoms with E-state index in [1.54, 1.807) is 16.4 Å². The maximum Gasteiger partial charge on any atom is 0.243 e. The summed E-state index contributed by atoms with van der Waals surface area (Å²) in [4.78, 5) is 5.07. The van der Waals surface area contributed by atoms with Gasteiger partial charge in [0.1, 0.15) is 0 Å². The van der Waals surface area contributed by atoms with Crippen LogP contribution in [0.4, 0.5) is 0 Å². The molecule has 1 aliphatic carbocycles. The van der Waals surface area contributed by atoms with Crippen molar-refractivity contribution >= 4 is 21.8 Å². The molecule has 4 rings (SSSR count). The number of rotatable bonds is 5. The Kier molecular flexibility index (Phi) is 6.62. The lowest BCUT2D eigenvalue weighted by Gasteiger charge is -2.35. The van der Waals surface area contributed by atoms with Gasteiger partial charge in [0.05, 0.1) is 16.0 Å². The SMILES string of the molecule is Cc1ccc(S(=O)(=O)N2CCCCC2c2ccc(SC3CCCCC3)nc2)cc1. The number of nitrogens with zero attached hydrogens (tertiary/aromatic N) is 2. The molecule has 2 aliphatic rings. The first-order valence-corrected chi connectivity index (χ1v) is 13.1. The Labute approximate surface area is 179 Å². The molecule has 6 heteroatoms. The van der Waals surface area contributed by atoms with Gasteiger partial charge >= 0.3 is 0 Å². The Balaban J connectivity index is 1.53. The van der Waals surface area contributed by atoms with Gasteiger partial charge in [-0.05, 0) is 56.4 Å². The van der Waals surface area contributed by atoms with Crippen molar-refractivity contribution in [1.29, 1.82) is 0 Å². The highest BCUT2D eigenvalue weighted by Gasteiger charge is 2.34. The molecule has 0 spiro atoms. The minimum absolute atomic E-state index is 0.128. The lowest BCUT2D eigenvalue weighted by atomic mass is 9.99. The molecule has 156 valence electrons. The van der Waals surface area contributed by atoms with Crippen LogP contribution >= 0.6 is 11.8 Å². The Hall–Kier alpha value is -1.37. The average molecular weight is 431 g/mol. The smallest absolute Gasteiger partial charge is 0.243 e. The largest absolute Gasteiger partial charge is 0.250 e. The molecule has 29 heavy (non-hydrogen) atoms. The van der Waals surface area contributed by atoms with Crippen molar-refractivity contribution in [3.63, 3.8) is 0 Å². The molecule has 2 aromatic rings. The summed E-state index contributed by atoms with van der Waals surface area (Å²) in [5, 5.41) is 1.74. The maximum absolute atomic E-state index is 13.3. The number of aromatic nitrogens is 1. The zero-order valence-corrected chi connectivity index (χ0v) is 18.7. The van der Waals surface area contributed by atoms with E-state index in [1.807, 2.05) is 37.0 Å². The van der Waals surface area contributed by atoms with Gasteiger partial charge in [0, 0.05) is 18.0 Å². The van der Waals surface area contributed by atoms with Gasteiger partial charge in [-0.25, -0.2) is 13.4 Å². The number of aryl methyl sites for hydroxylation is 1. The van der Waals surface area contributed by atoms with Crippen LogP contribution in [0.1, 0.15) is 68.5 Å². The van der Waals surface area contributed by atoms with Gasteiger partial charge in [0.25, 0.3) is 0 Å². The van der Waals surface area contributed by atoms with Crippen molar-refractivity contribution in [2.24, 2.45) is 0 Å². The first kappa shape index (κ1) is 20.9. The van der Waals surface area contributed by atoms with Gasteiger partial charge in [-0.2, -0.15) is 4.31 Å². The van der Waals surface area contributed by atoms with Gasteiger partial charge in [0.2, 0.25) is 10.0 Å². The molecule has 1 saturated heterocycles. The summed E-state index contributed by atoms with van der Waals surface area (Å²) in [5.41, 5.74) is 2.07. The first-order valence-electron chi connectivity index (χ1n) is 10.8. The third kappa shape index (κ3) is 4.86. The van der Waals surface area contributed by atoms with E-state index < -0.39 is 10.0 Å². The highest BCUT2D eigenvalue weighted by atomic mass is 32.2. The fourth-order valence-corrected chi connectivity index (χ4v) is 7.24. The second-order valence-corrected chi connectivity index (χ2v) is 11.5. The minimum Gasteiger partial charge on any atom is -0.250 e. The number of sulfonamides is 1. The summed E-state index contributed by atoms with van der Waals surface area (Å²) in [6.45, 7) is 2.54. The minimum atomic E-state index is -3.51. The van der Waals surface area contributed by atoms with Crippen molar-refractivity contribution in [3.8, 4) is 0 Å². The van der Waals surface area contributed by atoms with Crippen molar-refractivity contribution in [3.05, 3.63) is 53.7 Å². The standard InChI is InChI=1S/C23H30N2O2S2/c1-18-10-13-21(14-11-18)29(26,27)25-16-6-5-9-22(25)19-12-15-23(24-17-19)28-20-7-3-2-4-8-20/h10-15,17,20,22H,2-9,16H2,1H3. The molecule has 2 fully saturated rings. The van der Waals surface area contributed by atoms with Gasteiger partial charge in [-0.3, -0.25) is 0 Å². The van der Waals surface area contributed by atoms with Crippen LogP contribution in [0.2, 0.25) is 0 Å². The summed E-state index contributed by atoms with van der Waals surface area (Å²) < 4.78 is 28.3. The first-order chi connectivity index (χ1) is 14.0. The van der Waals surface area contributed by atoms with Gasteiger partial charge < -0.3 is 0 Å². The summed E-state index contributed by atoms with van der Waals surface area (Å²) in [5.74, 6) is 0. The van der Waals surface area contributed by atoms with Crippen LogP contribution < -0.4 is 0 Å². The van der Waals surface area contributed by atoms with E-state index in [2.05, 4.69) is 12.1 Å². The molecule has 0 amide bonds. The van der Waals surface area contributed by atoms with Crippen molar-refractivity contribution < 1.29 is 8.42 Å². The molecular formula is C23H30N2O2S2. The normalized spacial score (nSPS) is 21.9. The monoisotopic (exact) mass is 430 g/mol. The summed E-state index contributed by atoms with van der Waals surface area (Å²) in [6.07, 6.45) is 11.3. The topological polar surface area (TPSA) is 50.3 Å². The van der Waals surface area contributed by atoms with E-state index in [-0.39, 0.29) is 6.04 Å². The van der Waals surface area contributed by atoms with Gasteiger partial charge in [0.15, 0.2) is 0 Å². The number of hydrogen-bond donors (Lipinski definition) is 0. The predicted octanol–water partition coefficient (Wildman–Crippen LogP) is 5.73. The average Bonchev–Trinajstić information content (AvgIpc) is 2.75. The molecule has 1 atom stereocenters. The Morgan fingerprint density at radius 2 is 1.66 bits per heavy atom. The zero-order valence-electron chi connectivity index (χ0n) is 17.1. The van der Waals surface area contributed by atoms with Crippen LogP contribution in [0.5, 0.6) is 0 Å². The molecule has 2 heterocycles. The lowest BCUT2D eigenvalue weighted by molar-refractivity contribution is 0.255. The highest BCUT2D eigenvalue weighted by molar-refractivity contribution is 7.99. The van der Waals surface area contributed by atoms with Crippen molar-refractivity contribution in [2.75, 3.05) is 6.54 Å². The molecule has 0 N–H and O–H groups in total. The Bertz CT molecular complexity index is 905. The second kappa shape index (κ2) is 9.19. The van der Waals surface area contributed by atoms with Crippen LogP contribution in [-0.4, -0.2) is 29.5 Å². The van der Waals surface area contributed by atoms with Crippen molar-refractivity contribution in [2.45, 2.75) is 79.5 Å². The molecule has 1 aliphatic heterocycles. The molecule has 1 aromatic carbocycles. The van der Waals surface area contributed by atoms with E-state index in [0.29, 0.717) is 16.7 Å². The molecule has 1 aromatic heterocycles. The van der Waals surface area contributed by atoms with Crippen LogP contribution in [0, 0.1) is 6.92 Å². The van der Waals surface area contributed by atoms with Gasteiger partial charge in [-0.15, -0.1) is 11.8 Å².